The molecule has 1 aromatic rings. The number of hydrogen-bond acceptors (Lipinski definition) is 2. The van der Waals surface area contributed by atoms with Crippen LogP contribution in [0.4, 0.5) is 5.69 Å². The number of aryl methyl sites for hydroxylation is 1. The van der Waals surface area contributed by atoms with Crippen molar-refractivity contribution in [3.8, 4) is 0 Å². The van der Waals surface area contributed by atoms with Gasteiger partial charge in [0.1, 0.15) is 0 Å². The second-order valence-corrected chi connectivity index (χ2v) is 3.25. The quantitative estimate of drug-likeness (QED) is 0.701. The normalized spacial score (nSPS) is 10.1. The molecule has 72 valence electrons. The van der Waals surface area contributed by atoms with Crippen molar-refractivity contribution >= 4 is 5.69 Å². The Kier molecular flexibility index (Phi) is 3.77. The van der Waals surface area contributed by atoms with Crippen LogP contribution in [0, 0.1) is 6.92 Å². The van der Waals surface area contributed by atoms with Gasteiger partial charge in [0.25, 0.3) is 0 Å². The summed E-state index contributed by atoms with van der Waals surface area (Å²) in [4.78, 5) is 2.19. The minimum atomic E-state index is 0.768. The molecule has 2 heteroatoms. The maximum atomic E-state index is 5.02. The van der Waals surface area contributed by atoms with Crippen molar-refractivity contribution < 1.29 is 4.74 Å². The minimum Gasteiger partial charge on any atom is -0.383 e. The molecule has 13 heavy (non-hydrogen) atoms. The third-order valence-corrected chi connectivity index (χ3v) is 2.07. The summed E-state index contributed by atoms with van der Waals surface area (Å²) in [6.45, 7) is 3.80. The molecule has 0 saturated carbocycles. The van der Waals surface area contributed by atoms with E-state index in [4.69, 9.17) is 4.74 Å². The lowest BCUT2D eigenvalue weighted by atomic mass is 10.2. The largest absolute Gasteiger partial charge is 0.383 e. The van der Waals surface area contributed by atoms with Crippen LogP contribution in [0.5, 0.6) is 0 Å². The zero-order chi connectivity index (χ0) is 9.68. The van der Waals surface area contributed by atoms with Crippen LogP contribution >= 0.6 is 0 Å². The van der Waals surface area contributed by atoms with Gasteiger partial charge in [-0.25, -0.2) is 0 Å². The summed E-state index contributed by atoms with van der Waals surface area (Å²) in [7, 11) is 3.80. The second-order valence-electron chi connectivity index (χ2n) is 3.25. The SMILES string of the molecule is COCCN(C)c1cccc(C)c1. The van der Waals surface area contributed by atoms with E-state index in [9.17, 15) is 0 Å². The molecule has 0 aromatic heterocycles. The van der Waals surface area contributed by atoms with E-state index in [1.54, 1.807) is 7.11 Å². The van der Waals surface area contributed by atoms with Crippen LogP contribution in [0.15, 0.2) is 24.3 Å². The maximum absolute atomic E-state index is 5.02. The van der Waals surface area contributed by atoms with E-state index in [-0.39, 0.29) is 0 Å². The van der Waals surface area contributed by atoms with Crippen LogP contribution < -0.4 is 4.90 Å². The van der Waals surface area contributed by atoms with Gasteiger partial charge in [0.15, 0.2) is 0 Å². The highest BCUT2D eigenvalue weighted by molar-refractivity contribution is 5.47. The number of methoxy groups -OCH3 is 1. The highest BCUT2D eigenvalue weighted by Gasteiger charge is 1.98. The Morgan fingerprint density at radius 1 is 1.38 bits per heavy atom. The third kappa shape index (κ3) is 3.07. The summed E-state index contributed by atoms with van der Waals surface area (Å²) in [6, 6.07) is 8.47. The molecule has 0 N–H and O–H groups in total. The molecule has 0 aliphatic carbocycles. The van der Waals surface area contributed by atoms with Gasteiger partial charge in [-0.05, 0) is 24.6 Å². The molecular weight excluding hydrogens is 162 g/mol. The van der Waals surface area contributed by atoms with Gasteiger partial charge in [-0.15, -0.1) is 0 Å². The molecule has 2 nitrogen and oxygen atoms in total. The third-order valence-electron chi connectivity index (χ3n) is 2.07. The molecule has 0 atom stereocenters. The van der Waals surface area contributed by atoms with Gasteiger partial charge >= 0.3 is 0 Å². The van der Waals surface area contributed by atoms with E-state index in [2.05, 4.69) is 43.1 Å². The maximum Gasteiger partial charge on any atom is 0.0637 e. The zero-order valence-electron chi connectivity index (χ0n) is 8.58. The summed E-state index contributed by atoms with van der Waals surface area (Å²) < 4.78 is 5.02. The van der Waals surface area contributed by atoms with Crippen molar-refractivity contribution in [3.05, 3.63) is 29.8 Å². The number of hydrogen-bond donors (Lipinski definition) is 0. The van der Waals surface area contributed by atoms with Crippen LogP contribution in [0.25, 0.3) is 0 Å². The van der Waals surface area contributed by atoms with Crippen LogP contribution in [0.2, 0.25) is 0 Å². The molecule has 0 aliphatic rings. The van der Waals surface area contributed by atoms with Crippen molar-refractivity contribution in [1.82, 2.24) is 0 Å². The van der Waals surface area contributed by atoms with Gasteiger partial charge in [-0.1, -0.05) is 12.1 Å². The highest BCUT2D eigenvalue weighted by atomic mass is 16.5. The number of benzene rings is 1. The summed E-state index contributed by atoms with van der Waals surface area (Å²) in [6.07, 6.45) is 0. The molecule has 0 fully saturated rings. The second kappa shape index (κ2) is 4.87. The van der Waals surface area contributed by atoms with Crippen molar-refractivity contribution in [1.29, 1.82) is 0 Å². The number of nitrogens with zero attached hydrogens (tertiary/aromatic N) is 1. The minimum absolute atomic E-state index is 0.768. The Hall–Kier alpha value is -1.02. The zero-order valence-corrected chi connectivity index (χ0v) is 8.58. The molecule has 0 unspecified atom stereocenters. The molecule has 0 heterocycles. The average molecular weight is 179 g/mol. The Balaban J connectivity index is 2.60. The number of rotatable bonds is 4. The molecule has 0 bridgehead atoms. The van der Waals surface area contributed by atoms with Crippen molar-refractivity contribution in [2.24, 2.45) is 0 Å². The summed E-state index contributed by atoms with van der Waals surface area (Å²) in [5.41, 5.74) is 2.54. The van der Waals surface area contributed by atoms with Gasteiger partial charge in [0.05, 0.1) is 6.61 Å². The predicted octanol–water partition coefficient (Wildman–Crippen LogP) is 2.08. The number of likely N-dealkylation sites (N-methyl/N-ethyl adjacent to an activating group) is 1. The first-order valence-electron chi connectivity index (χ1n) is 4.51. The van der Waals surface area contributed by atoms with Crippen LogP contribution in [-0.4, -0.2) is 27.3 Å². The number of anilines is 1. The first-order valence-corrected chi connectivity index (χ1v) is 4.51. The Morgan fingerprint density at radius 3 is 2.77 bits per heavy atom. The molecule has 0 saturated heterocycles. The van der Waals surface area contributed by atoms with Crippen LogP contribution in [-0.2, 0) is 4.74 Å². The Labute approximate surface area is 80.1 Å². The van der Waals surface area contributed by atoms with Crippen LogP contribution in [0.1, 0.15) is 5.56 Å². The van der Waals surface area contributed by atoms with Gasteiger partial charge < -0.3 is 9.64 Å². The first kappa shape index (κ1) is 10.1. The van der Waals surface area contributed by atoms with Gasteiger partial charge in [0.2, 0.25) is 0 Å². The van der Waals surface area contributed by atoms with Gasteiger partial charge in [-0.3, -0.25) is 0 Å². The molecule has 0 aliphatic heterocycles. The standard InChI is InChI=1S/C11H17NO/c1-10-5-4-6-11(9-10)12(2)7-8-13-3/h4-6,9H,7-8H2,1-3H3. The Bertz CT molecular complexity index is 260. The lowest BCUT2D eigenvalue weighted by Gasteiger charge is -2.18. The van der Waals surface area contributed by atoms with E-state index >= 15 is 0 Å². The van der Waals surface area contributed by atoms with E-state index in [1.165, 1.54) is 11.3 Å². The van der Waals surface area contributed by atoms with E-state index < -0.39 is 0 Å². The molecular formula is C11H17NO. The molecule has 0 amide bonds. The highest BCUT2D eigenvalue weighted by Crippen LogP contribution is 2.13. The molecule has 0 spiro atoms. The first-order chi connectivity index (χ1) is 6.24. The lowest BCUT2D eigenvalue weighted by Crippen LogP contribution is -2.21. The lowest BCUT2D eigenvalue weighted by molar-refractivity contribution is 0.206. The molecule has 1 rings (SSSR count). The summed E-state index contributed by atoms with van der Waals surface area (Å²) in [5, 5.41) is 0. The smallest absolute Gasteiger partial charge is 0.0637 e. The number of ether oxygens (including phenoxy) is 1. The van der Waals surface area contributed by atoms with Crippen molar-refractivity contribution in [3.63, 3.8) is 0 Å². The topological polar surface area (TPSA) is 12.5 Å². The fourth-order valence-electron chi connectivity index (χ4n) is 1.22. The van der Waals surface area contributed by atoms with Crippen molar-refractivity contribution in [2.45, 2.75) is 6.92 Å². The van der Waals surface area contributed by atoms with Gasteiger partial charge in [-0.2, -0.15) is 0 Å². The fourth-order valence-corrected chi connectivity index (χ4v) is 1.22. The molecule has 1 aromatic carbocycles. The monoisotopic (exact) mass is 179 g/mol. The van der Waals surface area contributed by atoms with E-state index in [0.29, 0.717) is 0 Å². The Morgan fingerprint density at radius 2 is 2.15 bits per heavy atom. The van der Waals surface area contributed by atoms with E-state index in [1.807, 2.05) is 0 Å². The van der Waals surface area contributed by atoms with Crippen molar-refractivity contribution in [2.75, 3.05) is 32.2 Å². The predicted molar refractivity (Wildman–Crippen MR) is 56.3 cm³/mol. The fraction of sp³-hybridized carbons (Fsp3) is 0.455. The summed E-state index contributed by atoms with van der Waals surface area (Å²) in [5.74, 6) is 0. The summed E-state index contributed by atoms with van der Waals surface area (Å²) >= 11 is 0. The van der Waals surface area contributed by atoms with E-state index in [0.717, 1.165) is 13.2 Å². The van der Waals surface area contributed by atoms with Crippen LogP contribution in [0.3, 0.4) is 0 Å². The van der Waals surface area contributed by atoms with Gasteiger partial charge in [0, 0.05) is 26.4 Å². The molecule has 0 radical (unpaired) electrons. The average Bonchev–Trinajstić information content (AvgIpc) is 2.14.